The quantitative estimate of drug-likeness (QED) is 0.825. The largest absolute Gasteiger partial charge is 0.342 e. The first kappa shape index (κ1) is 15.6. The van der Waals surface area contributed by atoms with E-state index in [0.717, 1.165) is 24.7 Å². The molecular weight excluding hydrogens is 306 g/mol. The first-order valence-electron chi connectivity index (χ1n) is 9.01. The Morgan fingerprint density at radius 3 is 2.75 bits per heavy atom. The standard InChI is InChI=1S/C17H25N5O2/c1-11(2)16-19-18-14-10-20(5-6-22(14)16)17(24)13-7-15(23)21(9-13)8-12-3-4-12/h11-13H,3-10H2,1-2H3/t13-/m0/s1. The Labute approximate surface area is 142 Å². The highest BCUT2D eigenvalue weighted by Gasteiger charge is 2.39. The molecule has 1 saturated carbocycles. The van der Waals surface area contributed by atoms with Gasteiger partial charge in [0.05, 0.1) is 12.5 Å². The second-order valence-electron chi connectivity index (χ2n) is 7.68. The molecule has 0 bridgehead atoms. The third kappa shape index (κ3) is 2.80. The normalized spacial score (nSPS) is 24.0. The molecule has 24 heavy (non-hydrogen) atoms. The summed E-state index contributed by atoms with van der Waals surface area (Å²) in [5.74, 6) is 2.91. The summed E-state index contributed by atoms with van der Waals surface area (Å²) in [6.07, 6.45) is 2.82. The Morgan fingerprint density at radius 1 is 1.25 bits per heavy atom. The number of aromatic nitrogens is 3. The molecule has 0 aromatic carbocycles. The average molecular weight is 331 g/mol. The summed E-state index contributed by atoms with van der Waals surface area (Å²) in [5.41, 5.74) is 0. The van der Waals surface area contributed by atoms with Crippen LogP contribution >= 0.6 is 0 Å². The summed E-state index contributed by atoms with van der Waals surface area (Å²) < 4.78 is 2.13. The Kier molecular flexibility index (Phi) is 3.81. The van der Waals surface area contributed by atoms with Crippen molar-refractivity contribution in [1.82, 2.24) is 24.6 Å². The molecule has 1 aromatic rings. The minimum Gasteiger partial charge on any atom is -0.342 e. The van der Waals surface area contributed by atoms with E-state index in [1.54, 1.807) is 0 Å². The summed E-state index contributed by atoms with van der Waals surface area (Å²) in [6.45, 7) is 7.57. The van der Waals surface area contributed by atoms with Gasteiger partial charge in [0.2, 0.25) is 11.8 Å². The molecule has 7 nitrogen and oxygen atoms in total. The maximum Gasteiger partial charge on any atom is 0.228 e. The second-order valence-corrected chi connectivity index (χ2v) is 7.68. The predicted octanol–water partition coefficient (Wildman–Crippen LogP) is 1.00. The summed E-state index contributed by atoms with van der Waals surface area (Å²) >= 11 is 0. The Balaban J connectivity index is 1.41. The van der Waals surface area contributed by atoms with E-state index in [1.807, 2.05) is 9.80 Å². The monoisotopic (exact) mass is 331 g/mol. The van der Waals surface area contributed by atoms with Crippen molar-refractivity contribution < 1.29 is 9.59 Å². The molecule has 7 heteroatoms. The number of carbonyl (C=O) groups is 2. The van der Waals surface area contributed by atoms with Crippen molar-refractivity contribution in [2.45, 2.75) is 52.1 Å². The molecule has 3 aliphatic rings. The number of hydrogen-bond acceptors (Lipinski definition) is 4. The molecule has 0 N–H and O–H groups in total. The third-order valence-corrected chi connectivity index (χ3v) is 5.35. The van der Waals surface area contributed by atoms with Crippen LogP contribution in [0.2, 0.25) is 0 Å². The average Bonchev–Trinajstić information content (AvgIpc) is 3.15. The Morgan fingerprint density at radius 2 is 2.04 bits per heavy atom. The van der Waals surface area contributed by atoms with Crippen LogP contribution in [0.15, 0.2) is 0 Å². The zero-order chi connectivity index (χ0) is 16.8. The van der Waals surface area contributed by atoms with Gasteiger partial charge in [-0.2, -0.15) is 0 Å². The smallest absolute Gasteiger partial charge is 0.228 e. The van der Waals surface area contributed by atoms with Gasteiger partial charge in [0.25, 0.3) is 0 Å². The van der Waals surface area contributed by atoms with E-state index < -0.39 is 0 Å². The molecule has 0 unspecified atom stereocenters. The molecule has 4 rings (SSSR count). The van der Waals surface area contributed by atoms with Crippen LogP contribution in [0, 0.1) is 11.8 Å². The highest BCUT2D eigenvalue weighted by atomic mass is 16.2. The molecule has 3 heterocycles. The fourth-order valence-electron chi connectivity index (χ4n) is 3.78. The number of hydrogen-bond donors (Lipinski definition) is 0. The van der Waals surface area contributed by atoms with Gasteiger partial charge < -0.3 is 14.4 Å². The molecule has 1 aromatic heterocycles. The van der Waals surface area contributed by atoms with Gasteiger partial charge in [-0.15, -0.1) is 10.2 Å². The number of rotatable bonds is 4. The van der Waals surface area contributed by atoms with Crippen molar-refractivity contribution in [3.05, 3.63) is 11.6 Å². The van der Waals surface area contributed by atoms with E-state index in [4.69, 9.17) is 0 Å². The summed E-state index contributed by atoms with van der Waals surface area (Å²) in [4.78, 5) is 28.7. The van der Waals surface area contributed by atoms with Crippen LogP contribution in [0.4, 0.5) is 0 Å². The molecule has 1 saturated heterocycles. The van der Waals surface area contributed by atoms with E-state index in [-0.39, 0.29) is 17.7 Å². The van der Waals surface area contributed by atoms with Crippen molar-refractivity contribution in [2.75, 3.05) is 19.6 Å². The van der Waals surface area contributed by atoms with Gasteiger partial charge in [-0.05, 0) is 18.8 Å². The van der Waals surface area contributed by atoms with Crippen molar-refractivity contribution in [1.29, 1.82) is 0 Å². The van der Waals surface area contributed by atoms with E-state index >= 15 is 0 Å². The highest BCUT2D eigenvalue weighted by molar-refractivity contribution is 5.89. The Bertz CT molecular complexity index is 664. The van der Waals surface area contributed by atoms with Crippen LogP contribution in [0.25, 0.3) is 0 Å². The van der Waals surface area contributed by atoms with Gasteiger partial charge in [-0.3, -0.25) is 9.59 Å². The predicted molar refractivity (Wildman–Crippen MR) is 86.9 cm³/mol. The minimum atomic E-state index is -0.185. The van der Waals surface area contributed by atoms with Crippen LogP contribution in [0.3, 0.4) is 0 Å². The molecule has 0 radical (unpaired) electrons. The molecule has 1 aliphatic carbocycles. The van der Waals surface area contributed by atoms with E-state index in [9.17, 15) is 9.59 Å². The molecule has 1 atom stereocenters. The topological polar surface area (TPSA) is 71.3 Å². The molecule has 130 valence electrons. The maximum absolute atomic E-state index is 12.8. The molecule has 2 fully saturated rings. The zero-order valence-corrected chi connectivity index (χ0v) is 14.4. The van der Waals surface area contributed by atoms with Gasteiger partial charge in [-0.1, -0.05) is 13.8 Å². The van der Waals surface area contributed by atoms with Crippen LogP contribution < -0.4 is 0 Å². The summed E-state index contributed by atoms with van der Waals surface area (Å²) in [7, 11) is 0. The molecule has 2 aliphatic heterocycles. The van der Waals surface area contributed by atoms with Gasteiger partial charge in [0, 0.05) is 38.5 Å². The molecular formula is C17H25N5O2. The van der Waals surface area contributed by atoms with Crippen molar-refractivity contribution in [3.8, 4) is 0 Å². The van der Waals surface area contributed by atoms with Crippen molar-refractivity contribution in [3.63, 3.8) is 0 Å². The summed E-state index contributed by atoms with van der Waals surface area (Å²) in [6, 6.07) is 0. The number of fused-ring (bicyclic) bond motifs is 1. The number of amides is 2. The molecule has 2 amide bonds. The van der Waals surface area contributed by atoms with E-state index in [1.165, 1.54) is 12.8 Å². The van der Waals surface area contributed by atoms with Crippen LogP contribution in [0.5, 0.6) is 0 Å². The SMILES string of the molecule is CC(C)c1nnc2n1CCN(C(=O)[C@H]1CC(=O)N(CC3CC3)C1)C2. The lowest BCUT2D eigenvalue weighted by Gasteiger charge is -2.30. The van der Waals surface area contributed by atoms with Crippen LogP contribution in [-0.2, 0) is 22.7 Å². The lowest BCUT2D eigenvalue weighted by molar-refractivity contribution is -0.137. The zero-order valence-electron chi connectivity index (χ0n) is 14.4. The van der Waals surface area contributed by atoms with Gasteiger partial charge >= 0.3 is 0 Å². The third-order valence-electron chi connectivity index (χ3n) is 5.35. The van der Waals surface area contributed by atoms with Crippen LogP contribution in [0.1, 0.15) is 50.7 Å². The second kappa shape index (κ2) is 5.86. The van der Waals surface area contributed by atoms with E-state index in [0.29, 0.717) is 37.9 Å². The number of likely N-dealkylation sites (tertiary alicyclic amines) is 1. The van der Waals surface area contributed by atoms with Gasteiger partial charge in [0.1, 0.15) is 5.82 Å². The maximum atomic E-state index is 12.8. The first-order valence-corrected chi connectivity index (χ1v) is 9.01. The van der Waals surface area contributed by atoms with E-state index in [2.05, 4.69) is 28.6 Å². The lowest BCUT2D eigenvalue weighted by atomic mass is 10.1. The number of nitrogens with zero attached hydrogens (tertiary/aromatic N) is 5. The fraction of sp³-hybridized carbons (Fsp3) is 0.765. The fourth-order valence-corrected chi connectivity index (χ4v) is 3.78. The van der Waals surface area contributed by atoms with Crippen molar-refractivity contribution >= 4 is 11.8 Å². The Hall–Kier alpha value is -1.92. The summed E-state index contributed by atoms with van der Waals surface area (Å²) in [5, 5.41) is 8.52. The van der Waals surface area contributed by atoms with Gasteiger partial charge in [0.15, 0.2) is 5.82 Å². The van der Waals surface area contributed by atoms with Crippen molar-refractivity contribution in [2.24, 2.45) is 11.8 Å². The van der Waals surface area contributed by atoms with Gasteiger partial charge in [-0.25, -0.2) is 0 Å². The first-order chi connectivity index (χ1) is 11.5. The lowest BCUT2D eigenvalue weighted by Crippen LogP contribution is -2.42. The minimum absolute atomic E-state index is 0.0991. The number of carbonyl (C=O) groups excluding carboxylic acids is 2. The van der Waals surface area contributed by atoms with Crippen LogP contribution in [-0.4, -0.2) is 56.0 Å². The highest BCUT2D eigenvalue weighted by Crippen LogP contribution is 2.32. The molecule has 0 spiro atoms.